The number of anilines is 1. The third-order valence-electron chi connectivity index (χ3n) is 1.39. The zero-order valence-electron chi connectivity index (χ0n) is 5.87. The van der Waals surface area contributed by atoms with Crippen LogP contribution in [0.3, 0.4) is 0 Å². The van der Waals surface area contributed by atoms with Crippen LogP contribution in [-0.4, -0.2) is 14.1 Å². The molecule has 1 unspecified atom stereocenters. The molecule has 0 fully saturated rings. The third kappa shape index (κ3) is 1.61. The molecular formula is C7H7BNOP. The molecule has 0 aliphatic rings. The molecule has 0 bridgehead atoms. The summed E-state index contributed by atoms with van der Waals surface area (Å²) in [6.07, 6.45) is 0.694. The fraction of sp³-hybridized carbons (Fsp3) is 0. The molecule has 0 aromatic heterocycles. The molecule has 0 amide bonds. The topological polar surface area (TPSA) is 43.1 Å². The van der Waals surface area contributed by atoms with Crippen LogP contribution in [0.25, 0.3) is 0 Å². The van der Waals surface area contributed by atoms with Crippen LogP contribution in [0.15, 0.2) is 12.1 Å². The summed E-state index contributed by atoms with van der Waals surface area (Å²) >= 11 is 0. The van der Waals surface area contributed by atoms with Gasteiger partial charge in [-0.25, -0.2) is 0 Å². The maximum absolute atomic E-state index is 10.4. The number of benzene rings is 1. The van der Waals surface area contributed by atoms with Crippen molar-refractivity contribution >= 4 is 39.8 Å². The molecule has 54 valence electrons. The summed E-state index contributed by atoms with van der Waals surface area (Å²) in [5.74, 6) is 0. The van der Waals surface area contributed by atoms with Gasteiger partial charge in [-0.2, -0.15) is 0 Å². The van der Waals surface area contributed by atoms with Crippen LogP contribution in [0.1, 0.15) is 10.4 Å². The smallest absolute Gasteiger partial charge is 0.152 e. The van der Waals surface area contributed by atoms with Crippen LogP contribution >= 0.6 is 9.24 Å². The van der Waals surface area contributed by atoms with E-state index in [1.54, 1.807) is 12.1 Å². The first-order valence-corrected chi connectivity index (χ1v) is 3.62. The second-order valence-electron chi connectivity index (χ2n) is 2.23. The summed E-state index contributed by atoms with van der Waals surface area (Å²) in [4.78, 5) is 10.4. The molecule has 4 heteroatoms. The van der Waals surface area contributed by atoms with Crippen molar-refractivity contribution in [2.24, 2.45) is 0 Å². The SMILES string of the molecule is [B]c1cc(P)c(N)c(C=O)c1. The van der Waals surface area contributed by atoms with E-state index in [4.69, 9.17) is 13.6 Å². The van der Waals surface area contributed by atoms with Gasteiger partial charge in [0.1, 0.15) is 7.85 Å². The zero-order valence-corrected chi connectivity index (χ0v) is 7.03. The first-order chi connectivity index (χ1) is 5.15. The Balaban J connectivity index is 3.35. The van der Waals surface area contributed by atoms with Gasteiger partial charge in [0.05, 0.1) is 0 Å². The molecule has 0 spiro atoms. The van der Waals surface area contributed by atoms with Crippen LogP contribution in [0.2, 0.25) is 0 Å². The lowest BCUT2D eigenvalue weighted by Gasteiger charge is -2.03. The van der Waals surface area contributed by atoms with Gasteiger partial charge in [-0.3, -0.25) is 4.79 Å². The molecule has 2 radical (unpaired) electrons. The van der Waals surface area contributed by atoms with Crippen molar-refractivity contribution in [2.75, 3.05) is 5.73 Å². The molecule has 2 nitrogen and oxygen atoms in total. The van der Waals surface area contributed by atoms with E-state index in [0.29, 0.717) is 23.0 Å². The Labute approximate surface area is 68.8 Å². The maximum atomic E-state index is 10.4. The molecule has 1 aromatic carbocycles. The average molecular weight is 163 g/mol. The first kappa shape index (κ1) is 8.28. The van der Waals surface area contributed by atoms with E-state index < -0.39 is 0 Å². The molecular weight excluding hydrogens is 156 g/mol. The monoisotopic (exact) mass is 163 g/mol. The largest absolute Gasteiger partial charge is 0.398 e. The minimum Gasteiger partial charge on any atom is -0.398 e. The van der Waals surface area contributed by atoms with E-state index in [1.165, 1.54) is 0 Å². The second-order valence-corrected chi connectivity index (χ2v) is 2.85. The van der Waals surface area contributed by atoms with E-state index in [0.717, 1.165) is 5.30 Å². The standard InChI is InChI=1S/C7H7BNOP/c8-5-1-4(3-10)7(9)6(11)2-5/h1-3H,9,11H2. The van der Waals surface area contributed by atoms with Crippen LogP contribution in [-0.2, 0) is 0 Å². The summed E-state index contributed by atoms with van der Waals surface area (Å²) in [7, 11) is 7.90. The van der Waals surface area contributed by atoms with Gasteiger partial charge in [0.25, 0.3) is 0 Å². The summed E-state index contributed by atoms with van der Waals surface area (Å²) < 4.78 is 0. The van der Waals surface area contributed by atoms with Crippen molar-refractivity contribution in [2.45, 2.75) is 0 Å². The third-order valence-corrected chi connectivity index (χ3v) is 1.87. The Bertz CT molecular complexity index is 301. The highest BCUT2D eigenvalue weighted by Crippen LogP contribution is 2.06. The van der Waals surface area contributed by atoms with E-state index in [9.17, 15) is 4.79 Å². The maximum Gasteiger partial charge on any atom is 0.152 e. The Morgan fingerprint density at radius 3 is 2.73 bits per heavy atom. The summed E-state index contributed by atoms with van der Waals surface area (Å²) in [5, 5.41) is 0.757. The predicted molar refractivity (Wildman–Crippen MR) is 51.0 cm³/mol. The van der Waals surface area contributed by atoms with Gasteiger partial charge in [-0.1, -0.05) is 17.6 Å². The molecule has 0 heterocycles. The number of hydrogen-bond acceptors (Lipinski definition) is 2. The van der Waals surface area contributed by atoms with Gasteiger partial charge in [0.2, 0.25) is 0 Å². The van der Waals surface area contributed by atoms with Crippen molar-refractivity contribution in [3.8, 4) is 0 Å². The molecule has 11 heavy (non-hydrogen) atoms. The van der Waals surface area contributed by atoms with Gasteiger partial charge in [0, 0.05) is 11.3 Å². The predicted octanol–water partition coefficient (Wildman–Crippen LogP) is -0.625. The fourth-order valence-electron chi connectivity index (χ4n) is 0.820. The van der Waals surface area contributed by atoms with Gasteiger partial charge in [0.15, 0.2) is 6.29 Å². The molecule has 1 aromatic rings. The lowest BCUT2D eigenvalue weighted by molar-refractivity contribution is 0.112. The molecule has 1 atom stereocenters. The molecule has 0 aliphatic heterocycles. The quantitative estimate of drug-likeness (QED) is 0.259. The number of aldehydes is 1. The second kappa shape index (κ2) is 3.06. The lowest BCUT2D eigenvalue weighted by Crippen LogP contribution is -2.14. The molecule has 2 N–H and O–H groups in total. The van der Waals surface area contributed by atoms with Crippen molar-refractivity contribution in [3.63, 3.8) is 0 Å². The minimum absolute atomic E-state index is 0.440. The van der Waals surface area contributed by atoms with Crippen molar-refractivity contribution in [1.82, 2.24) is 0 Å². The van der Waals surface area contributed by atoms with Crippen LogP contribution in [0.5, 0.6) is 0 Å². The van der Waals surface area contributed by atoms with Crippen molar-refractivity contribution < 1.29 is 4.79 Å². The minimum atomic E-state index is 0.440. The normalized spacial score (nSPS) is 9.55. The molecule has 1 rings (SSSR count). The molecule has 0 saturated heterocycles. The number of carbonyl (C=O) groups is 1. The van der Waals surface area contributed by atoms with Gasteiger partial charge in [-0.15, -0.1) is 9.24 Å². The highest BCUT2D eigenvalue weighted by molar-refractivity contribution is 7.28. The average Bonchev–Trinajstić information content (AvgIpc) is 1.96. The van der Waals surface area contributed by atoms with Crippen LogP contribution < -0.4 is 16.5 Å². The highest BCUT2D eigenvalue weighted by Gasteiger charge is 2.00. The highest BCUT2D eigenvalue weighted by atomic mass is 31.0. The van der Waals surface area contributed by atoms with E-state index in [-0.39, 0.29) is 0 Å². The van der Waals surface area contributed by atoms with Crippen molar-refractivity contribution in [1.29, 1.82) is 0 Å². The van der Waals surface area contributed by atoms with E-state index in [1.807, 2.05) is 0 Å². The Morgan fingerprint density at radius 1 is 1.55 bits per heavy atom. The van der Waals surface area contributed by atoms with Gasteiger partial charge in [-0.05, 0) is 5.30 Å². The summed E-state index contributed by atoms with van der Waals surface area (Å²) in [6.45, 7) is 0. The van der Waals surface area contributed by atoms with Gasteiger partial charge >= 0.3 is 0 Å². The summed E-state index contributed by atoms with van der Waals surface area (Å²) in [6, 6.07) is 3.25. The molecule has 0 saturated carbocycles. The number of carbonyl (C=O) groups excluding carboxylic acids is 1. The summed E-state index contributed by atoms with van der Waals surface area (Å²) in [5.41, 5.74) is 7.01. The molecule has 0 aliphatic carbocycles. The number of nitrogen functional groups attached to an aromatic ring is 1. The Kier molecular flexibility index (Phi) is 2.30. The zero-order chi connectivity index (χ0) is 8.43. The van der Waals surface area contributed by atoms with Crippen LogP contribution in [0.4, 0.5) is 5.69 Å². The van der Waals surface area contributed by atoms with E-state index >= 15 is 0 Å². The fourth-order valence-corrected chi connectivity index (χ4v) is 1.18. The van der Waals surface area contributed by atoms with E-state index in [2.05, 4.69) is 9.24 Å². The lowest BCUT2D eigenvalue weighted by atomic mass is 9.94. The Hall–Kier alpha value is -0.815. The van der Waals surface area contributed by atoms with Gasteiger partial charge < -0.3 is 5.73 Å². The number of rotatable bonds is 1. The van der Waals surface area contributed by atoms with Crippen molar-refractivity contribution in [3.05, 3.63) is 17.7 Å². The number of hydrogen-bond donors (Lipinski definition) is 1. The van der Waals surface area contributed by atoms with Crippen LogP contribution in [0, 0.1) is 0 Å². The first-order valence-electron chi connectivity index (χ1n) is 3.05. The number of nitrogens with two attached hydrogens (primary N) is 1. The Morgan fingerprint density at radius 2 is 2.18 bits per heavy atom.